The summed E-state index contributed by atoms with van der Waals surface area (Å²) >= 11 is 5.82. The molecule has 2 rings (SSSR count). The number of halogens is 1. The van der Waals surface area contributed by atoms with Crippen molar-refractivity contribution in [2.24, 2.45) is 0 Å². The molecule has 0 atom stereocenters. The van der Waals surface area contributed by atoms with E-state index in [1.807, 2.05) is 12.1 Å². The van der Waals surface area contributed by atoms with Gasteiger partial charge in [-0.3, -0.25) is 4.79 Å². The number of rotatable bonds is 4. The van der Waals surface area contributed by atoms with E-state index in [-0.39, 0.29) is 0 Å². The summed E-state index contributed by atoms with van der Waals surface area (Å²) in [4.78, 5) is 11.0. The van der Waals surface area contributed by atoms with Gasteiger partial charge in [0, 0.05) is 5.02 Å². The Kier molecular flexibility index (Phi) is 3.85. The Balaban J connectivity index is 2.36. The van der Waals surface area contributed by atoms with Gasteiger partial charge in [-0.05, 0) is 30.3 Å². The Bertz CT molecular complexity index is 567. The van der Waals surface area contributed by atoms with Crippen molar-refractivity contribution in [3.63, 3.8) is 0 Å². The van der Waals surface area contributed by atoms with E-state index in [2.05, 4.69) is 0 Å². The van der Waals surface area contributed by atoms with E-state index in [1.165, 1.54) is 0 Å². The maximum absolute atomic E-state index is 11.0. The third-order valence-electron chi connectivity index (χ3n) is 2.39. The number of methoxy groups -OCH3 is 1. The molecule has 0 heterocycles. The number of benzene rings is 2. The van der Waals surface area contributed by atoms with E-state index in [4.69, 9.17) is 21.1 Å². The summed E-state index contributed by atoms with van der Waals surface area (Å²) < 4.78 is 10.8. The second-order valence-corrected chi connectivity index (χ2v) is 3.99. The van der Waals surface area contributed by atoms with Crippen molar-refractivity contribution in [2.75, 3.05) is 7.11 Å². The highest BCUT2D eigenvalue weighted by Crippen LogP contribution is 2.33. The van der Waals surface area contributed by atoms with Crippen LogP contribution in [0.4, 0.5) is 0 Å². The summed E-state index contributed by atoms with van der Waals surface area (Å²) in [5.74, 6) is 1.59. The van der Waals surface area contributed by atoms with Gasteiger partial charge in [0.25, 0.3) is 0 Å². The van der Waals surface area contributed by atoms with Gasteiger partial charge >= 0.3 is 0 Å². The fourth-order valence-corrected chi connectivity index (χ4v) is 1.71. The van der Waals surface area contributed by atoms with Crippen molar-refractivity contribution in [1.82, 2.24) is 0 Å². The molecule has 0 aliphatic heterocycles. The highest BCUT2D eigenvalue weighted by atomic mass is 35.5. The predicted octanol–water partition coefficient (Wildman–Crippen LogP) is 3.95. The van der Waals surface area contributed by atoms with Gasteiger partial charge in [-0.1, -0.05) is 23.7 Å². The van der Waals surface area contributed by atoms with Crippen LogP contribution in [0.2, 0.25) is 5.02 Å². The molecule has 0 saturated carbocycles. The monoisotopic (exact) mass is 262 g/mol. The Hall–Kier alpha value is -2.00. The lowest BCUT2D eigenvalue weighted by atomic mass is 10.2. The number of aldehydes is 1. The smallest absolute Gasteiger partial charge is 0.169 e. The van der Waals surface area contributed by atoms with Gasteiger partial charge in [-0.25, -0.2) is 0 Å². The zero-order valence-corrected chi connectivity index (χ0v) is 10.5. The fraction of sp³-hybridized carbons (Fsp3) is 0.0714. The van der Waals surface area contributed by atoms with Crippen LogP contribution in [0.5, 0.6) is 17.2 Å². The molecule has 92 valence electrons. The molecule has 18 heavy (non-hydrogen) atoms. The van der Waals surface area contributed by atoms with E-state index >= 15 is 0 Å². The van der Waals surface area contributed by atoms with E-state index < -0.39 is 0 Å². The molecule has 0 fully saturated rings. The minimum atomic E-state index is 0.397. The number of carbonyl (C=O) groups excluding carboxylic acids is 1. The van der Waals surface area contributed by atoms with Crippen molar-refractivity contribution in [3.8, 4) is 17.2 Å². The normalized spacial score (nSPS) is 9.89. The fourth-order valence-electron chi connectivity index (χ4n) is 1.53. The second kappa shape index (κ2) is 5.56. The van der Waals surface area contributed by atoms with Crippen LogP contribution in [0.1, 0.15) is 10.4 Å². The molecule has 0 saturated heterocycles. The molecule has 0 radical (unpaired) electrons. The van der Waals surface area contributed by atoms with E-state index in [9.17, 15) is 4.79 Å². The predicted molar refractivity (Wildman–Crippen MR) is 69.9 cm³/mol. The van der Waals surface area contributed by atoms with Crippen LogP contribution < -0.4 is 9.47 Å². The summed E-state index contributed by atoms with van der Waals surface area (Å²) in [5.41, 5.74) is 0.397. The van der Waals surface area contributed by atoms with Gasteiger partial charge in [0.05, 0.1) is 12.7 Å². The Labute approximate surface area is 110 Å². The minimum absolute atomic E-state index is 0.397. The van der Waals surface area contributed by atoms with Crippen molar-refractivity contribution in [3.05, 3.63) is 53.1 Å². The number of hydrogen-bond donors (Lipinski definition) is 0. The average molecular weight is 263 g/mol. The average Bonchev–Trinajstić information content (AvgIpc) is 2.41. The maximum Gasteiger partial charge on any atom is 0.169 e. The number of carbonyl (C=O) groups is 1. The molecule has 2 aromatic carbocycles. The van der Waals surface area contributed by atoms with Crippen LogP contribution in [0.3, 0.4) is 0 Å². The van der Waals surface area contributed by atoms with Crippen LogP contribution in [-0.2, 0) is 0 Å². The van der Waals surface area contributed by atoms with Crippen LogP contribution in [-0.4, -0.2) is 13.4 Å². The molecule has 0 aliphatic rings. The van der Waals surface area contributed by atoms with Crippen LogP contribution in [0.15, 0.2) is 42.5 Å². The van der Waals surface area contributed by atoms with Crippen molar-refractivity contribution >= 4 is 17.9 Å². The van der Waals surface area contributed by atoms with Gasteiger partial charge in [0.15, 0.2) is 17.8 Å². The molecule has 4 heteroatoms. The minimum Gasteiger partial charge on any atom is -0.493 e. The first-order valence-electron chi connectivity index (χ1n) is 5.30. The molecule has 0 amide bonds. The van der Waals surface area contributed by atoms with Gasteiger partial charge in [0.2, 0.25) is 0 Å². The van der Waals surface area contributed by atoms with Gasteiger partial charge in [0.1, 0.15) is 5.75 Å². The highest BCUT2D eigenvalue weighted by molar-refractivity contribution is 6.30. The third-order valence-corrected chi connectivity index (χ3v) is 2.62. The van der Waals surface area contributed by atoms with Crippen molar-refractivity contribution in [1.29, 1.82) is 0 Å². The molecule has 0 N–H and O–H groups in total. The molecule has 0 aliphatic carbocycles. The molecular formula is C14H11ClO3. The van der Waals surface area contributed by atoms with E-state index in [1.54, 1.807) is 37.4 Å². The topological polar surface area (TPSA) is 35.5 Å². The van der Waals surface area contributed by atoms with Crippen LogP contribution in [0, 0.1) is 0 Å². The number of hydrogen-bond acceptors (Lipinski definition) is 3. The zero-order valence-electron chi connectivity index (χ0n) is 9.72. The maximum atomic E-state index is 11.0. The van der Waals surface area contributed by atoms with Crippen molar-refractivity contribution in [2.45, 2.75) is 0 Å². The quantitative estimate of drug-likeness (QED) is 0.783. The third kappa shape index (κ3) is 2.63. The lowest BCUT2D eigenvalue weighted by Crippen LogP contribution is -1.93. The molecule has 3 nitrogen and oxygen atoms in total. The van der Waals surface area contributed by atoms with E-state index in [0.717, 1.165) is 0 Å². The Morgan fingerprint density at radius 1 is 1.06 bits per heavy atom. The summed E-state index contributed by atoms with van der Waals surface area (Å²) in [5, 5.41) is 0.490. The summed E-state index contributed by atoms with van der Waals surface area (Å²) in [6.07, 6.45) is 0.705. The van der Waals surface area contributed by atoms with Crippen LogP contribution >= 0.6 is 11.6 Å². The highest BCUT2D eigenvalue weighted by Gasteiger charge is 2.08. The van der Waals surface area contributed by atoms with Gasteiger partial charge in [-0.15, -0.1) is 0 Å². The lowest BCUT2D eigenvalue weighted by molar-refractivity contribution is 0.112. The summed E-state index contributed by atoms with van der Waals surface area (Å²) in [6.45, 7) is 0. The Morgan fingerprint density at radius 3 is 2.44 bits per heavy atom. The standard InChI is InChI=1S/C14H11ClO3/c1-17-13-4-2-3-5-14(13)18-12-7-6-11(15)8-10(12)9-16/h2-9H,1H3. The van der Waals surface area contributed by atoms with E-state index in [0.29, 0.717) is 34.1 Å². The summed E-state index contributed by atoms with van der Waals surface area (Å²) in [6, 6.07) is 12.1. The number of para-hydroxylation sites is 2. The van der Waals surface area contributed by atoms with Gasteiger partial charge < -0.3 is 9.47 Å². The largest absolute Gasteiger partial charge is 0.493 e. The first kappa shape index (κ1) is 12.5. The summed E-state index contributed by atoms with van der Waals surface area (Å²) in [7, 11) is 1.56. The van der Waals surface area contributed by atoms with Gasteiger partial charge in [-0.2, -0.15) is 0 Å². The molecule has 2 aromatic rings. The first-order chi connectivity index (χ1) is 8.74. The molecule has 0 unspecified atom stereocenters. The van der Waals surface area contributed by atoms with Crippen LogP contribution in [0.25, 0.3) is 0 Å². The molecular weight excluding hydrogens is 252 g/mol. The Morgan fingerprint density at radius 2 is 1.78 bits per heavy atom. The second-order valence-electron chi connectivity index (χ2n) is 3.55. The van der Waals surface area contributed by atoms with Crippen molar-refractivity contribution < 1.29 is 14.3 Å². The lowest BCUT2D eigenvalue weighted by Gasteiger charge is -2.11. The SMILES string of the molecule is COc1ccccc1Oc1ccc(Cl)cc1C=O. The number of ether oxygens (including phenoxy) is 2. The molecule has 0 spiro atoms. The zero-order chi connectivity index (χ0) is 13.0. The molecule has 0 bridgehead atoms. The first-order valence-corrected chi connectivity index (χ1v) is 5.68. The molecule has 0 aromatic heterocycles.